The van der Waals surface area contributed by atoms with E-state index >= 15 is 0 Å². The topological polar surface area (TPSA) is 67.4 Å². The molecule has 0 aliphatic heterocycles. The van der Waals surface area contributed by atoms with Crippen molar-refractivity contribution in [2.24, 2.45) is 0 Å². The number of anilines is 2. The zero-order chi connectivity index (χ0) is 18.2. The Hall–Kier alpha value is -2.24. The number of amides is 1. The number of nitrogens with one attached hydrogen (secondary N) is 2. The largest absolute Gasteiger partial charge is 0.462 e. The SMILES string of the molecule is CCCOC(=O)c1ccc(NCC(=O)Nc2cc(Cl)ccc2Cl)cc1. The lowest BCUT2D eigenvalue weighted by Gasteiger charge is -2.10. The summed E-state index contributed by atoms with van der Waals surface area (Å²) in [5.41, 5.74) is 1.63. The van der Waals surface area contributed by atoms with Crippen molar-refractivity contribution in [3.05, 3.63) is 58.1 Å². The van der Waals surface area contributed by atoms with Crippen LogP contribution in [0.15, 0.2) is 42.5 Å². The highest BCUT2D eigenvalue weighted by Crippen LogP contribution is 2.25. The molecule has 2 aromatic carbocycles. The maximum absolute atomic E-state index is 12.0. The second-order valence-electron chi connectivity index (χ2n) is 5.24. The molecule has 0 saturated heterocycles. The summed E-state index contributed by atoms with van der Waals surface area (Å²) in [7, 11) is 0. The number of benzene rings is 2. The van der Waals surface area contributed by atoms with E-state index in [0.717, 1.165) is 6.42 Å². The molecule has 0 heterocycles. The normalized spacial score (nSPS) is 10.2. The molecule has 5 nitrogen and oxygen atoms in total. The van der Waals surface area contributed by atoms with Crippen LogP contribution in [0.3, 0.4) is 0 Å². The second-order valence-corrected chi connectivity index (χ2v) is 6.08. The van der Waals surface area contributed by atoms with E-state index in [0.29, 0.717) is 33.6 Å². The van der Waals surface area contributed by atoms with Crippen molar-refractivity contribution < 1.29 is 14.3 Å². The highest BCUT2D eigenvalue weighted by molar-refractivity contribution is 6.35. The summed E-state index contributed by atoms with van der Waals surface area (Å²) in [5.74, 6) is -0.627. The van der Waals surface area contributed by atoms with Crippen molar-refractivity contribution in [3.8, 4) is 0 Å². The van der Waals surface area contributed by atoms with Gasteiger partial charge in [-0.15, -0.1) is 0 Å². The summed E-state index contributed by atoms with van der Waals surface area (Å²) in [5, 5.41) is 6.54. The number of ether oxygens (including phenoxy) is 1. The number of carbonyl (C=O) groups excluding carboxylic acids is 2. The first-order valence-corrected chi connectivity index (χ1v) is 8.51. The molecule has 0 unspecified atom stereocenters. The number of rotatable bonds is 7. The predicted molar refractivity (Wildman–Crippen MR) is 101 cm³/mol. The van der Waals surface area contributed by atoms with Crippen molar-refractivity contribution in [1.82, 2.24) is 0 Å². The lowest BCUT2D eigenvalue weighted by Crippen LogP contribution is -2.22. The molecule has 0 saturated carbocycles. The fourth-order valence-corrected chi connectivity index (χ4v) is 2.31. The van der Waals surface area contributed by atoms with Crippen LogP contribution in [0.5, 0.6) is 0 Å². The number of hydrogen-bond acceptors (Lipinski definition) is 4. The quantitative estimate of drug-likeness (QED) is 0.688. The Labute approximate surface area is 156 Å². The molecule has 0 atom stereocenters. The van der Waals surface area contributed by atoms with Crippen LogP contribution in [0.4, 0.5) is 11.4 Å². The van der Waals surface area contributed by atoms with Crippen LogP contribution in [0, 0.1) is 0 Å². The van der Waals surface area contributed by atoms with Crippen LogP contribution in [-0.4, -0.2) is 25.0 Å². The molecule has 1 amide bonds. The van der Waals surface area contributed by atoms with Gasteiger partial charge in [0, 0.05) is 10.7 Å². The third kappa shape index (κ3) is 5.96. The van der Waals surface area contributed by atoms with Gasteiger partial charge in [0.2, 0.25) is 5.91 Å². The van der Waals surface area contributed by atoms with Gasteiger partial charge in [0.1, 0.15) is 0 Å². The summed E-state index contributed by atoms with van der Waals surface area (Å²) >= 11 is 11.9. The summed E-state index contributed by atoms with van der Waals surface area (Å²) in [4.78, 5) is 23.7. The number of carbonyl (C=O) groups is 2. The molecular weight excluding hydrogens is 363 g/mol. The van der Waals surface area contributed by atoms with Crippen LogP contribution in [0.1, 0.15) is 23.7 Å². The molecule has 2 N–H and O–H groups in total. The average molecular weight is 381 g/mol. The maximum Gasteiger partial charge on any atom is 0.338 e. The van der Waals surface area contributed by atoms with Crippen LogP contribution in [0.2, 0.25) is 10.0 Å². The number of esters is 1. The van der Waals surface area contributed by atoms with E-state index in [1.54, 1.807) is 42.5 Å². The Balaban J connectivity index is 1.87. The van der Waals surface area contributed by atoms with E-state index in [2.05, 4.69) is 10.6 Å². The highest BCUT2D eigenvalue weighted by atomic mass is 35.5. The molecule has 132 valence electrons. The van der Waals surface area contributed by atoms with E-state index in [1.807, 2.05) is 6.92 Å². The van der Waals surface area contributed by atoms with Gasteiger partial charge in [-0.1, -0.05) is 30.1 Å². The second kappa shape index (κ2) is 9.30. The Morgan fingerprint density at radius 3 is 2.48 bits per heavy atom. The lowest BCUT2D eigenvalue weighted by molar-refractivity contribution is -0.114. The summed E-state index contributed by atoms with van der Waals surface area (Å²) in [6.45, 7) is 2.37. The van der Waals surface area contributed by atoms with Gasteiger partial charge in [-0.2, -0.15) is 0 Å². The molecule has 2 rings (SSSR count). The maximum atomic E-state index is 12.0. The Morgan fingerprint density at radius 2 is 1.80 bits per heavy atom. The van der Waals surface area contributed by atoms with Gasteiger partial charge in [-0.05, 0) is 48.9 Å². The fourth-order valence-electron chi connectivity index (χ4n) is 1.97. The van der Waals surface area contributed by atoms with Gasteiger partial charge in [0.05, 0.1) is 29.4 Å². The van der Waals surface area contributed by atoms with E-state index in [1.165, 1.54) is 0 Å². The molecule has 0 bridgehead atoms. The first-order valence-electron chi connectivity index (χ1n) is 7.75. The zero-order valence-electron chi connectivity index (χ0n) is 13.6. The van der Waals surface area contributed by atoms with Gasteiger partial charge in [-0.25, -0.2) is 4.79 Å². The molecular formula is C18H18Cl2N2O3. The predicted octanol–water partition coefficient (Wildman–Crippen LogP) is 4.61. The van der Waals surface area contributed by atoms with E-state index in [4.69, 9.17) is 27.9 Å². The summed E-state index contributed by atoms with van der Waals surface area (Å²) in [6.07, 6.45) is 0.775. The molecule has 0 aliphatic rings. The Kier molecular flexibility index (Phi) is 7.10. The van der Waals surface area contributed by atoms with Crippen molar-refractivity contribution >= 4 is 46.5 Å². The van der Waals surface area contributed by atoms with Crippen LogP contribution in [0.25, 0.3) is 0 Å². The molecule has 0 spiro atoms. The Bertz CT molecular complexity index is 748. The van der Waals surface area contributed by atoms with E-state index in [9.17, 15) is 9.59 Å². The standard InChI is InChI=1S/C18H18Cl2N2O3/c1-2-9-25-18(24)12-3-6-14(7-4-12)21-11-17(23)22-16-10-13(19)5-8-15(16)20/h3-8,10,21H,2,9,11H2,1H3,(H,22,23). The summed E-state index contributed by atoms with van der Waals surface area (Å²) < 4.78 is 5.06. The third-order valence-corrected chi connectivity index (χ3v) is 3.78. The van der Waals surface area contributed by atoms with Crippen molar-refractivity contribution in [3.63, 3.8) is 0 Å². The first-order chi connectivity index (χ1) is 12.0. The average Bonchev–Trinajstić information content (AvgIpc) is 2.61. The smallest absolute Gasteiger partial charge is 0.338 e. The van der Waals surface area contributed by atoms with Crippen molar-refractivity contribution in [1.29, 1.82) is 0 Å². The monoisotopic (exact) mass is 380 g/mol. The molecule has 0 aliphatic carbocycles. The van der Waals surface area contributed by atoms with Crippen LogP contribution < -0.4 is 10.6 Å². The van der Waals surface area contributed by atoms with Gasteiger partial charge in [-0.3, -0.25) is 4.79 Å². The van der Waals surface area contributed by atoms with Gasteiger partial charge in [0.15, 0.2) is 0 Å². The molecule has 25 heavy (non-hydrogen) atoms. The van der Waals surface area contributed by atoms with E-state index < -0.39 is 0 Å². The van der Waals surface area contributed by atoms with Crippen LogP contribution >= 0.6 is 23.2 Å². The van der Waals surface area contributed by atoms with Crippen molar-refractivity contribution in [2.45, 2.75) is 13.3 Å². The fraction of sp³-hybridized carbons (Fsp3) is 0.222. The minimum Gasteiger partial charge on any atom is -0.462 e. The Morgan fingerprint density at radius 1 is 1.08 bits per heavy atom. The van der Waals surface area contributed by atoms with E-state index in [-0.39, 0.29) is 18.4 Å². The third-order valence-electron chi connectivity index (χ3n) is 3.21. The first kappa shape index (κ1) is 19.1. The summed E-state index contributed by atoms with van der Waals surface area (Å²) in [6, 6.07) is 11.6. The highest BCUT2D eigenvalue weighted by Gasteiger charge is 2.08. The minimum absolute atomic E-state index is 0.0441. The van der Waals surface area contributed by atoms with Gasteiger partial charge >= 0.3 is 5.97 Å². The minimum atomic E-state index is -0.359. The zero-order valence-corrected chi connectivity index (χ0v) is 15.2. The van der Waals surface area contributed by atoms with Crippen molar-refractivity contribution in [2.75, 3.05) is 23.8 Å². The molecule has 7 heteroatoms. The van der Waals surface area contributed by atoms with Gasteiger partial charge in [0.25, 0.3) is 0 Å². The molecule has 0 radical (unpaired) electrons. The molecule has 0 fully saturated rings. The molecule has 2 aromatic rings. The lowest BCUT2D eigenvalue weighted by atomic mass is 10.2. The van der Waals surface area contributed by atoms with Crippen LogP contribution in [-0.2, 0) is 9.53 Å². The number of hydrogen-bond donors (Lipinski definition) is 2. The number of halogens is 2. The van der Waals surface area contributed by atoms with Gasteiger partial charge < -0.3 is 15.4 Å². The molecule has 0 aromatic heterocycles.